The average Bonchev–Trinajstić information content (AvgIpc) is 2.54. The summed E-state index contributed by atoms with van der Waals surface area (Å²) < 4.78 is 11.4. The third-order valence-corrected chi connectivity index (χ3v) is 4.14. The van der Waals surface area contributed by atoms with Crippen molar-refractivity contribution >= 4 is 5.91 Å². The van der Waals surface area contributed by atoms with Gasteiger partial charge in [-0.1, -0.05) is 12.1 Å². The Kier molecular flexibility index (Phi) is 4.01. The number of fused-ring (bicyclic) bond motifs is 1. The van der Waals surface area contributed by atoms with Crippen LogP contribution in [0.3, 0.4) is 0 Å². The molecule has 5 nitrogen and oxygen atoms in total. The Morgan fingerprint density at radius 3 is 2.48 bits per heavy atom. The summed E-state index contributed by atoms with van der Waals surface area (Å²) in [5, 5.41) is 0. The standard InChI is InChI=1S/C16H22N2O3/c1-12(2)17-7-9-18(10-8-17)16(19)15-11-20-13-5-3-4-6-14(13)21-15/h3-6,12,15H,7-11H2,1-2H3/t15-/m0/s1. The van der Waals surface area contributed by atoms with Gasteiger partial charge in [-0.2, -0.15) is 0 Å². The molecule has 0 aromatic heterocycles. The van der Waals surface area contributed by atoms with Crippen molar-refractivity contribution in [2.75, 3.05) is 32.8 Å². The number of carbonyl (C=O) groups excluding carboxylic acids is 1. The number of para-hydroxylation sites is 2. The molecule has 0 aliphatic carbocycles. The summed E-state index contributed by atoms with van der Waals surface area (Å²) in [5.74, 6) is 1.40. The van der Waals surface area contributed by atoms with Gasteiger partial charge in [0.2, 0.25) is 6.10 Å². The molecule has 21 heavy (non-hydrogen) atoms. The highest BCUT2D eigenvalue weighted by Crippen LogP contribution is 2.31. The van der Waals surface area contributed by atoms with E-state index in [1.54, 1.807) is 0 Å². The Morgan fingerprint density at radius 2 is 1.81 bits per heavy atom. The number of piperazine rings is 1. The zero-order chi connectivity index (χ0) is 14.8. The van der Waals surface area contributed by atoms with Crippen LogP contribution in [-0.2, 0) is 4.79 Å². The maximum atomic E-state index is 12.5. The second-order valence-electron chi connectivity index (χ2n) is 5.82. The van der Waals surface area contributed by atoms with E-state index < -0.39 is 6.10 Å². The Balaban J connectivity index is 1.60. The summed E-state index contributed by atoms with van der Waals surface area (Å²) in [4.78, 5) is 16.8. The topological polar surface area (TPSA) is 42.0 Å². The lowest BCUT2D eigenvalue weighted by Gasteiger charge is -2.38. The van der Waals surface area contributed by atoms with Crippen LogP contribution in [0, 0.1) is 0 Å². The minimum atomic E-state index is -0.523. The van der Waals surface area contributed by atoms with Crippen LogP contribution in [0.25, 0.3) is 0 Å². The molecule has 0 N–H and O–H groups in total. The van der Waals surface area contributed by atoms with Crippen LogP contribution in [0.4, 0.5) is 0 Å². The first-order valence-electron chi connectivity index (χ1n) is 7.56. The Hall–Kier alpha value is -1.75. The molecule has 5 heteroatoms. The highest BCUT2D eigenvalue weighted by atomic mass is 16.6. The van der Waals surface area contributed by atoms with Gasteiger partial charge in [0.15, 0.2) is 11.5 Å². The number of nitrogens with zero attached hydrogens (tertiary/aromatic N) is 2. The zero-order valence-electron chi connectivity index (χ0n) is 12.6. The van der Waals surface area contributed by atoms with Crippen molar-refractivity contribution in [3.63, 3.8) is 0 Å². The number of hydrogen-bond donors (Lipinski definition) is 0. The molecule has 3 rings (SSSR count). The first-order chi connectivity index (χ1) is 10.1. The molecule has 0 radical (unpaired) electrons. The predicted molar refractivity (Wildman–Crippen MR) is 79.6 cm³/mol. The molecule has 0 saturated carbocycles. The maximum absolute atomic E-state index is 12.5. The van der Waals surface area contributed by atoms with Crippen LogP contribution in [-0.4, -0.2) is 60.6 Å². The quantitative estimate of drug-likeness (QED) is 0.825. The second-order valence-corrected chi connectivity index (χ2v) is 5.82. The summed E-state index contributed by atoms with van der Waals surface area (Å²) in [6.45, 7) is 8.04. The largest absolute Gasteiger partial charge is 0.485 e. The van der Waals surface area contributed by atoms with E-state index in [0.717, 1.165) is 26.2 Å². The fourth-order valence-electron chi connectivity index (χ4n) is 2.80. The van der Waals surface area contributed by atoms with Crippen molar-refractivity contribution in [1.29, 1.82) is 0 Å². The van der Waals surface area contributed by atoms with Gasteiger partial charge in [0.05, 0.1) is 0 Å². The fourth-order valence-corrected chi connectivity index (χ4v) is 2.80. The van der Waals surface area contributed by atoms with Gasteiger partial charge in [-0.25, -0.2) is 0 Å². The minimum absolute atomic E-state index is 0.0351. The fraction of sp³-hybridized carbons (Fsp3) is 0.562. The van der Waals surface area contributed by atoms with E-state index in [9.17, 15) is 4.79 Å². The highest BCUT2D eigenvalue weighted by molar-refractivity contribution is 5.82. The van der Waals surface area contributed by atoms with Gasteiger partial charge >= 0.3 is 0 Å². The van der Waals surface area contributed by atoms with Crippen LogP contribution in [0.1, 0.15) is 13.8 Å². The first kappa shape index (κ1) is 14.2. The lowest BCUT2D eigenvalue weighted by atomic mass is 10.2. The van der Waals surface area contributed by atoms with Gasteiger partial charge in [-0.15, -0.1) is 0 Å². The van der Waals surface area contributed by atoms with Gasteiger partial charge in [-0.05, 0) is 26.0 Å². The van der Waals surface area contributed by atoms with E-state index >= 15 is 0 Å². The highest BCUT2D eigenvalue weighted by Gasteiger charge is 2.32. The number of ether oxygens (including phenoxy) is 2. The molecule has 114 valence electrons. The Bertz CT molecular complexity index is 510. The molecule has 1 amide bonds. The molecule has 2 aliphatic rings. The molecule has 1 aromatic rings. The van der Waals surface area contributed by atoms with Crippen molar-refractivity contribution in [3.8, 4) is 11.5 Å². The van der Waals surface area contributed by atoms with Crippen molar-refractivity contribution in [1.82, 2.24) is 9.80 Å². The van der Waals surface area contributed by atoms with Crippen LogP contribution in [0.5, 0.6) is 11.5 Å². The molecule has 1 aromatic carbocycles. The van der Waals surface area contributed by atoms with Crippen LogP contribution in [0.15, 0.2) is 24.3 Å². The van der Waals surface area contributed by atoms with E-state index in [1.807, 2.05) is 29.2 Å². The molecule has 0 bridgehead atoms. The summed E-state index contributed by atoms with van der Waals surface area (Å²) in [5.41, 5.74) is 0. The monoisotopic (exact) mass is 290 g/mol. The molecule has 1 saturated heterocycles. The SMILES string of the molecule is CC(C)N1CCN(C(=O)[C@@H]2COc3ccccc3O2)CC1. The van der Waals surface area contributed by atoms with Gasteiger partial charge in [0, 0.05) is 32.2 Å². The molecular weight excluding hydrogens is 268 g/mol. The van der Waals surface area contributed by atoms with E-state index in [0.29, 0.717) is 24.1 Å². The molecule has 1 fully saturated rings. The molecule has 2 aliphatic heterocycles. The molecule has 1 atom stereocenters. The summed E-state index contributed by atoms with van der Waals surface area (Å²) >= 11 is 0. The summed E-state index contributed by atoms with van der Waals surface area (Å²) in [7, 11) is 0. The smallest absolute Gasteiger partial charge is 0.267 e. The molecular formula is C16H22N2O3. The van der Waals surface area contributed by atoms with E-state index in [1.165, 1.54) is 0 Å². The van der Waals surface area contributed by atoms with E-state index in [-0.39, 0.29) is 5.91 Å². The normalized spacial score (nSPS) is 22.4. The van der Waals surface area contributed by atoms with Gasteiger partial charge < -0.3 is 14.4 Å². The van der Waals surface area contributed by atoms with Crippen LogP contribution in [0.2, 0.25) is 0 Å². The van der Waals surface area contributed by atoms with Gasteiger partial charge in [-0.3, -0.25) is 9.69 Å². The summed E-state index contributed by atoms with van der Waals surface area (Å²) in [6.07, 6.45) is -0.523. The lowest BCUT2D eigenvalue weighted by Crippen LogP contribution is -2.55. The lowest BCUT2D eigenvalue weighted by molar-refractivity contribution is -0.143. The first-order valence-corrected chi connectivity index (χ1v) is 7.56. The van der Waals surface area contributed by atoms with Crippen molar-refractivity contribution in [2.45, 2.75) is 26.0 Å². The molecule has 0 unspecified atom stereocenters. The minimum Gasteiger partial charge on any atom is -0.485 e. The van der Waals surface area contributed by atoms with E-state index in [2.05, 4.69) is 18.7 Å². The number of rotatable bonds is 2. The number of carbonyl (C=O) groups is 1. The number of benzene rings is 1. The third-order valence-electron chi connectivity index (χ3n) is 4.14. The molecule has 0 spiro atoms. The van der Waals surface area contributed by atoms with Gasteiger partial charge in [0.1, 0.15) is 6.61 Å². The third kappa shape index (κ3) is 2.97. The number of hydrogen-bond acceptors (Lipinski definition) is 4. The Morgan fingerprint density at radius 1 is 1.14 bits per heavy atom. The molecule has 2 heterocycles. The maximum Gasteiger partial charge on any atom is 0.267 e. The predicted octanol–water partition coefficient (Wildman–Crippen LogP) is 1.38. The van der Waals surface area contributed by atoms with Gasteiger partial charge in [0.25, 0.3) is 5.91 Å². The Labute approximate surface area is 125 Å². The van der Waals surface area contributed by atoms with Crippen molar-refractivity contribution in [3.05, 3.63) is 24.3 Å². The zero-order valence-corrected chi connectivity index (χ0v) is 12.6. The van der Waals surface area contributed by atoms with Crippen molar-refractivity contribution < 1.29 is 14.3 Å². The summed E-state index contributed by atoms with van der Waals surface area (Å²) in [6, 6.07) is 8.01. The number of amides is 1. The van der Waals surface area contributed by atoms with Crippen LogP contribution >= 0.6 is 0 Å². The van der Waals surface area contributed by atoms with Crippen molar-refractivity contribution in [2.24, 2.45) is 0 Å². The van der Waals surface area contributed by atoms with Crippen LogP contribution < -0.4 is 9.47 Å². The van der Waals surface area contributed by atoms with E-state index in [4.69, 9.17) is 9.47 Å². The second kappa shape index (κ2) is 5.93. The average molecular weight is 290 g/mol.